The van der Waals surface area contributed by atoms with Crippen LogP contribution in [0.4, 0.5) is 10.8 Å². The van der Waals surface area contributed by atoms with E-state index in [0.29, 0.717) is 5.13 Å². The lowest BCUT2D eigenvalue weighted by atomic mass is 10.1. The monoisotopic (exact) mass is 359 g/mol. The van der Waals surface area contributed by atoms with Gasteiger partial charge in [0, 0.05) is 24.4 Å². The maximum Gasteiger partial charge on any atom is 0.315 e. The van der Waals surface area contributed by atoms with Crippen LogP contribution in [0.1, 0.15) is 20.9 Å². The Labute approximate surface area is 148 Å². The number of anilines is 2. The largest absolute Gasteiger partial charge is 0.366 e. The number of hydrogen-bond donors (Lipinski definition) is 3. The van der Waals surface area contributed by atoms with Crippen molar-refractivity contribution in [3.05, 3.63) is 40.4 Å². The first-order valence-corrected chi connectivity index (χ1v) is 8.44. The van der Waals surface area contributed by atoms with Gasteiger partial charge in [0.05, 0.1) is 16.9 Å². The summed E-state index contributed by atoms with van der Waals surface area (Å²) in [5.74, 6) is -2.43. The van der Waals surface area contributed by atoms with E-state index in [4.69, 9.17) is 5.73 Å². The molecule has 0 saturated carbocycles. The SMILES string of the molecule is CN1CCc2nc(NC(=O)C(=O)Nc3ccccc3C(N)=O)sc2C1. The number of nitrogens with one attached hydrogen (secondary N) is 2. The second-order valence-corrected chi connectivity index (χ2v) is 6.78. The number of amides is 3. The first-order chi connectivity index (χ1) is 11.9. The highest BCUT2D eigenvalue weighted by Crippen LogP contribution is 2.27. The fourth-order valence-electron chi connectivity index (χ4n) is 2.52. The van der Waals surface area contributed by atoms with E-state index < -0.39 is 17.7 Å². The molecular weight excluding hydrogens is 342 g/mol. The molecule has 130 valence electrons. The number of benzene rings is 1. The number of nitrogens with two attached hydrogens (primary N) is 1. The Bertz CT molecular complexity index is 848. The summed E-state index contributed by atoms with van der Waals surface area (Å²) in [4.78, 5) is 43.2. The molecule has 9 heteroatoms. The van der Waals surface area contributed by atoms with Crippen molar-refractivity contribution in [2.75, 3.05) is 24.2 Å². The highest BCUT2D eigenvalue weighted by Gasteiger charge is 2.22. The Hall–Kier alpha value is -2.78. The van der Waals surface area contributed by atoms with E-state index in [9.17, 15) is 14.4 Å². The van der Waals surface area contributed by atoms with Crippen LogP contribution >= 0.6 is 11.3 Å². The zero-order valence-corrected chi connectivity index (χ0v) is 14.4. The van der Waals surface area contributed by atoms with Crippen LogP contribution in [0.3, 0.4) is 0 Å². The van der Waals surface area contributed by atoms with E-state index in [1.165, 1.54) is 23.5 Å². The van der Waals surface area contributed by atoms with Gasteiger partial charge in [-0.05, 0) is 19.2 Å². The van der Waals surface area contributed by atoms with Crippen LogP contribution in [0.2, 0.25) is 0 Å². The van der Waals surface area contributed by atoms with Crippen molar-refractivity contribution in [1.29, 1.82) is 0 Å². The summed E-state index contributed by atoms with van der Waals surface area (Å²) in [6, 6.07) is 6.22. The summed E-state index contributed by atoms with van der Waals surface area (Å²) in [6.45, 7) is 1.69. The molecule has 0 saturated heterocycles. The van der Waals surface area contributed by atoms with E-state index in [1.54, 1.807) is 12.1 Å². The Balaban J connectivity index is 1.68. The molecule has 25 heavy (non-hydrogen) atoms. The minimum atomic E-state index is -0.890. The fraction of sp³-hybridized carbons (Fsp3) is 0.250. The molecule has 1 aliphatic rings. The molecule has 1 aliphatic heterocycles. The topological polar surface area (TPSA) is 117 Å². The standard InChI is InChI=1S/C16H17N5O3S/c1-21-7-6-11-12(8-21)25-16(19-11)20-15(24)14(23)18-10-5-3-2-4-9(10)13(17)22/h2-5H,6-8H2,1H3,(H2,17,22)(H,18,23)(H,19,20,24). The zero-order chi connectivity index (χ0) is 18.0. The number of likely N-dealkylation sites (N-methyl/N-ethyl adjacent to an activating group) is 1. The number of fused-ring (bicyclic) bond motifs is 1. The van der Waals surface area contributed by atoms with Crippen LogP contribution in [0.25, 0.3) is 0 Å². The Kier molecular flexibility index (Phi) is 4.77. The van der Waals surface area contributed by atoms with Gasteiger partial charge >= 0.3 is 11.8 Å². The van der Waals surface area contributed by atoms with E-state index in [0.717, 1.165) is 30.1 Å². The van der Waals surface area contributed by atoms with Crippen molar-refractivity contribution < 1.29 is 14.4 Å². The molecule has 2 heterocycles. The highest BCUT2D eigenvalue weighted by atomic mass is 32.1. The Morgan fingerprint density at radius 3 is 2.68 bits per heavy atom. The van der Waals surface area contributed by atoms with Gasteiger partial charge in [0.1, 0.15) is 0 Å². The predicted octanol–water partition coefficient (Wildman–Crippen LogP) is 0.807. The van der Waals surface area contributed by atoms with Gasteiger partial charge in [0.2, 0.25) is 0 Å². The molecule has 0 radical (unpaired) electrons. The minimum Gasteiger partial charge on any atom is -0.366 e. The molecule has 0 atom stereocenters. The Morgan fingerprint density at radius 2 is 1.92 bits per heavy atom. The van der Waals surface area contributed by atoms with Crippen molar-refractivity contribution in [2.45, 2.75) is 13.0 Å². The number of aromatic nitrogens is 1. The number of carbonyl (C=O) groups excluding carboxylic acids is 3. The third-order valence-corrected chi connectivity index (χ3v) is 4.79. The van der Waals surface area contributed by atoms with Crippen molar-refractivity contribution in [1.82, 2.24) is 9.88 Å². The van der Waals surface area contributed by atoms with Gasteiger partial charge < -0.3 is 16.0 Å². The van der Waals surface area contributed by atoms with Gasteiger partial charge in [-0.2, -0.15) is 0 Å². The van der Waals surface area contributed by atoms with Crippen LogP contribution in [-0.4, -0.2) is 41.2 Å². The van der Waals surface area contributed by atoms with E-state index in [1.807, 2.05) is 7.05 Å². The summed E-state index contributed by atoms with van der Waals surface area (Å²) in [5, 5.41) is 5.29. The predicted molar refractivity (Wildman–Crippen MR) is 94.4 cm³/mol. The molecule has 3 rings (SSSR count). The lowest BCUT2D eigenvalue weighted by molar-refractivity contribution is -0.133. The van der Waals surface area contributed by atoms with Gasteiger partial charge in [-0.25, -0.2) is 4.98 Å². The molecule has 0 fully saturated rings. The number of para-hydroxylation sites is 1. The number of thiazole rings is 1. The first kappa shape index (κ1) is 17.1. The number of hydrogen-bond acceptors (Lipinski definition) is 6. The van der Waals surface area contributed by atoms with Crippen molar-refractivity contribution in [3.63, 3.8) is 0 Å². The number of primary amides is 1. The Morgan fingerprint density at radius 1 is 1.20 bits per heavy atom. The number of rotatable bonds is 3. The van der Waals surface area contributed by atoms with Crippen LogP contribution in [-0.2, 0) is 22.6 Å². The van der Waals surface area contributed by atoms with Gasteiger partial charge in [0.15, 0.2) is 5.13 Å². The maximum absolute atomic E-state index is 12.1. The molecule has 2 aromatic rings. The third-order valence-electron chi connectivity index (χ3n) is 3.79. The second-order valence-electron chi connectivity index (χ2n) is 5.69. The molecule has 0 bridgehead atoms. The van der Waals surface area contributed by atoms with Crippen LogP contribution in [0.15, 0.2) is 24.3 Å². The molecular formula is C16H17N5O3S. The fourth-order valence-corrected chi connectivity index (χ4v) is 3.60. The highest BCUT2D eigenvalue weighted by molar-refractivity contribution is 7.16. The number of carbonyl (C=O) groups is 3. The van der Waals surface area contributed by atoms with E-state index in [-0.39, 0.29) is 11.3 Å². The van der Waals surface area contributed by atoms with E-state index in [2.05, 4.69) is 20.5 Å². The molecule has 0 unspecified atom stereocenters. The molecule has 1 aromatic heterocycles. The molecule has 8 nitrogen and oxygen atoms in total. The zero-order valence-electron chi connectivity index (χ0n) is 13.5. The lowest BCUT2D eigenvalue weighted by Crippen LogP contribution is -2.30. The van der Waals surface area contributed by atoms with Gasteiger partial charge in [-0.1, -0.05) is 12.1 Å². The number of nitrogens with zero attached hydrogens (tertiary/aromatic N) is 2. The molecule has 4 N–H and O–H groups in total. The van der Waals surface area contributed by atoms with Gasteiger partial charge in [-0.3, -0.25) is 19.7 Å². The summed E-state index contributed by atoms with van der Waals surface area (Å²) >= 11 is 1.36. The average Bonchev–Trinajstić information content (AvgIpc) is 2.96. The van der Waals surface area contributed by atoms with Gasteiger partial charge in [-0.15, -0.1) is 11.3 Å². The average molecular weight is 359 g/mol. The first-order valence-electron chi connectivity index (χ1n) is 7.62. The van der Waals surface area contributed by atoms with Gasteiger partial charge in [0.25, 0.3) is 5.91 Å². The summed E-state index contributed by atoms with van der Waals surface area (Å²) in [5.41, 5.74) is 6.54. The molecule has 3 amide bonds. The summed E-state index contributed by atoms with van der Waals surface area (Å²) < 4.78 is 0. The van der Waals surface area contributed by atoms with Crippen LogP contribution in [0.5, 0.6) is 0 Å². The second kappa shape index (κ2) is 6.99. The van der Waals surface area contributed by atoms with Crippen molar-refractivity contribution >= 4 is 39.9 Å². The maximum atomic E-state index is 12.1. The van der Waals surface area contributed by atoms with E-state index >= 15 is 0 Å². The lowest BCUT2D eigenvalue weighted by Gasteiger charge is -2.20. The summed E-state index contributed by atoms with van der Waals surface area (Å²) in [6.07, 6.45) is 0.816. The smallest absolute Gasteiger partial charge is 0.315 e. The molecule has 0 aliphatic carbocycles. The normalized spacial score (nSPS) is 13.8. The van der Waals surface area contributed by atoms with Crippen LogP contribution < -0.4 is 16.4 Å². The van der Waals surface area contributed by atoms with Crippen molar-refractivity contribution in [3.8, 4) is 0 Å². The third kappa shape index (κ3) is 3.83. The van der Waals surface area contributed by atoms with Crippen LogP contribution in [0, 0.1) is 0 Å². The quantitative estimate of drug-likeness (QED) is 0.701. The molecule has 0 spiro atoms. The molecule has 1 aromatic carbocycles. The van der Waals surface area contributed by atoms with Crippen molar-refractivity contribution in [2.24, 2.45) is 5.73 Å². The summed E-state index contributed by atoms with van der Waals surface area (Å²) in [7, 11) is 2.02. The minimum absolute atomic E-state index is 0.136.